The lowest BCUT2D eigenvalue weighted by Gasteiger charge is -2.13. The van der Waals surface area contributed by atoms with Crippen molar-refractivity contribution in [3.63, 3.8) is 0 Å². The highest BCUT2D eigenvalue weighted by Gasteiger charge is 2.09. The number of anilines is 3. The van der Waals surface area contributed by atoms with Crippen molar-refractivity contribution >= 4 is 23.1 Å². The van der Waals surface area contributed by atoms with Gasteiger partial charge in [0, 0.05) is 48.4 Å². The van der Waals surface area contributed by atoms with E-state index in [0.717, 1.165) is 23.4 Å². The maximum absolute atomic E-state index is 12.4. The lowest BCUT2D eigenvalue weighted by Crippen LogP contribution is -2.29. The Kier molecular flexibility index (Phi) is 6.18. The third-order valence-electron chi connectivity index (χ3n) is 4.32. The Balaban J connectivity index is 1.70. The molecule has 3 N–H and O–H groups in total. The third-order valence-corrected chi connectivity index (χ3v) is 4.32. The number of hydrogen-bond donors (Lipinski definition) is 3. The van der Waals surface area contributed by atoms with Crippen molar-refractivity contribution in [3.05, 3.63) is 75.0 Å². The van der Waals surface area contributed by atoms with E-state index < -0.39 is 11.2 Å². The number of hydrogen-bond acceptors (Lipinski definition) is 6. The first kappa shape index (κ1) is 20.0. The first-order valence-corrected chi connectivity index (χ1v) is 9.23. The Morgan fingerprint density at radius 2 is 2.00 bits per heavy atom. The molecule has 0 spiro atoms. The standard InChI is InChI=1S/C20H22N6O3/c1-3-14-4-5-15(23-17-10-13(2)21-12-22-17)11-16(14)24-18(27)6-8-26-9-7-19(28)25-20(26)29/h4-5,7,9-12H,3,6,8H2,1-2H3,(H,24,27)(H,21,22,23)(H,25,28,29). The van der Waals surface area contributed by atoms with E-state index >= 15 is 0 Å². The van der Waals surface area contributed by atoms with Crippen molar-refractivity contribution in [1.82, 2.24) is 19.5 Å². The largest absolute Gasteiger partial charge is 0.340 e. The fraction of sp³-hybridized carbons (Fsp3) is 0.250. The van der Waals surface area contributed by atoms with Crippen molar-refractivity contribution in [2.75, 3.05) is 10.6 Å². The molecule has 0 unspecified atom stereocenters. The summed E-state index contributed by atoms with van der Waals surface area (Å²) in [6.07, 6.45) is 3.71. The van der Waals surface area contributed by atoms with Crippen LogP contribution in [0.5, 0.6) is 0 Å². The van der Waals surface area contributed by atoms with E-state index in [0.29, 0.717) is 11.5 Å². The predicted octanol–water partition coefficient (Wildman–Crippen LogP) is 1.97. The maximum atomic E-state index is 12.4. The molecule has 0 aliphatic rings. The van der Waals surface area contributed by atoms with Gasteiger partial charge in [0.25, 0.3) is 5.56 Å². The van der Waals surface area contributed by atoms with E-state index in [2.05, 4.69) is 25.6 Å². The number of nitrogens with one attached hydrogen (secondary N) is 3. The third kappa shape index (κ3) is 5.38. The van der Waals surface area contributed by atoms with E-state index in [-0.39, 0.29) is 18.9 Å². The van der Waals surface area contributed by atoms with Gasteiger partial charge in [-0.25, -0.2) is 14.8 Å². The minimum atomic E-state index is -0.536. The average molecular weight is 394 g/mol. The van der Waals surface area contributed by atoms with Gasteiger partial charge in [0.15, 0.2) is 0 Å². The van der Waals surface area contributed by atoms with Gasteiger partial charge in [-0.15, -0.1) is 0 Å². The molecule has 29 heavy (non-hydrogen) atoms. The number of H-pyrrole nitrogens is 1. The molecule has 0 bridgehead atoms. The molecule has 0 saturated heterocycles. The molecule has 0 aliphatic heterocycles. The Bertz CT molecular complexity index is 1140. The molecular weight excluding hydrogens is 372 g/mol. The summed E-state index contributed by atoms with van der Waals surface area (Å²) in [4.78, 5) is 45.6. The van der Waals surface area contributed by atoms with Crippen LogP contribution in [0.25, 0.3) is 0 Å². The molecule has 0 fully saturated rings. The molecule has 0 atom stereocenters. The highest BCUT2D eigenvalue weighted by molar-refractivity contribution is 5.92. The van der Waals surface area contributed by atoms with Gasteiger partial charge in [0.2, 0.25) is 5.91 Å². The van der Waals surface area contributed by atoms with E-state index in [1.54, 1.807) is 0 Å². The van der Waals surface area contributed by atoms with Gasteiger partial charge in [-0.05, 0) is 31.0 Å². The molecule has 9 nitrogen and oxygen atoms in total. The van der Waals surface area contributed by atoms with Crippen LogP contribution in [0.1, 0.15) is 24.6 Å². The highest BCUT2D eigenvalue weighted by Crippen LogP contribution is 2.24. The summed E-state index contributed by atoms with van der Waals surface area (Å²) in [5.74, 6) is 0.435. The van der Waals surface area contributed by atoms with Crippen LogP contribution in [-0.4, -0.2) is 25.4 Å². The molecule has 0 aliphatic carbocycles. The van der Waals surface area contributed by atoms with Crippen LogP contribution in [-0.2, 0) is 17.8 Å². The Labute approximate surface area is 166 Å². The number of rotatable bonds is 7. The molecule has 1 amide bonds. The zero-order valence-corrected chi connectivity index (χ0v) is 16.2. The summed E-state index contributed by atoms with van der Waals surface area (Å²) in [6.45, 7) is 4.05. The van der Waals surface area contributed by atoms with Crippen molar-refractivity contribution in [3.8, 4) is 0 Å². The Morgan fingerprint density at radius 3 is 2.72 bits per heavy atom. The topological polar surface area (TPSA) is 122 Å². The van der Waals surface area contributed by atoms with Crippen LogP contribution in [0.2, 0.25) is 0 Å². The van der Waals surface area contributed by atoms with E-state index in [1.165, 1.54) is 23.2 Å². The minimum absolute atomic E-state index is 0.0951. The fourth-order valence-electron chi connectivity index (χ4n) is 2.80. The van der Waals surface area contributed by atoms with E-state index in [4.69, 9.17) is 0 Å². The monoisotopic (exact) mass is 394 g/mol. The zero-order chi connectivity index (χ0) is 20.8. The number of carbonyl (C=O) groups is 1. The number of aromatic nitrogens is 4. The second kappa shape index (κ2) is 8.96. The molecule has 1 aromatic carbocycles. The van der Waals surface area contributed by atoms with E-state index in [1.807, 2.05) is 38.1 Å². The minimum Gasteiger partial charge on any atom is -0.340 e. The van der Waals surface area contributed by atoms with Gasteiger partial charge in [0.1, 0.15) is 12.1 Å². The van der Waals surface area contributed by atoms with Gasteiger partial charge in [-0.1, -0.05) is 13.0 Å². The number of nitrogens with zero attached hydrogens (tertiary/aromatic N) is 3. The summed E-state index contributed by atoms with van der Waals surface area (Å²) in [5.41, 5.74) is 2.31. The SMILES string of the molecule is CCc1ccc(Nc2cc(C)ncn2)cc1NC(=O)CCn1ccc(=O)[nH]c1=O. The zero-order valence-electron chi connectivity index (χ0n) is 16.2. The second-order valence-electron chi connectivity index (χ2n) is 6.50. The van der Waals surface area contributed by atoms with Crippen molar-refractivity contribution < 1.29 is 4.79 Å². The highest BCUT2D eigenvalue weighted by atomic mass is 16.2. The maximum Gasteiger partial charge on any atom is 0.328 e. The molecule has 3 rings (SSSR count). The van der Waals surface area contributed by atoms with Crippen LogP contribution in [0.4, 0.5) is 17.2 Å². The van der Waals surface area contributed by atoms with Crippen LogP contribution >= 0.6 is 0 Å². The fourth-order valence-corrected chi connectivity index (χ4v) is 2.80. The molecule has 2 heterocycles. The van der Waals surface area contributed by atoms with Gasteiger partial charge in [-0.2, -0.15) is 0 Å². The first-order valence-electron chi connectivity index (χ1n) is 9.23. The number of benzene rings is 1. The number of carbonyl (C=O) groups excluding carboxylic acids is 1. The predicted molar refractivity (Wildman–Crippen MR) is 110 cm³/mol. The van der Waals surface area contributed by atoms with Gasteiger partial charge >= 0.3 is 5.69 Å². The normalized spacial score (nSPS) is 10.6. The molecule has 150 valence electrons. The number of amides is 1. The van der Waals surface area contributed by atoms with E-state index in [9.17, 15) is 14.4 Å². The molecule has 3 aromatic rings. The molecule has 0 saturated carbocycles. The van der Waals surface area contributed by atoms with Gasteiger partial charge in [0.05, 0.1) is 0 Å². The first-order chi connectivity index (χ1) is 13.9. The quantitative estimate of drug-likeness (QED) is 0.563. The van der Waals surface area contributed by atoms with Crippen LogP contribution < -0.4 is 21.9 Å². The van der Waals surface area contributed by atoms with Gasteiger partial charge < -0.3 is 15.2 Å². The molecule has 0 radical (unpaired) electrons. The molecule has 9 heteroatoms. The summed E-state index contributed by atoms with van der Waals surface area (Å²) < 4.78 is 1.29. The number of aryl methyl sites for hydroxylation is 3. The van der Waals surface area contributed by atoms with Crippen molar-refractivity contribution in [2.45, 2.75) is 33.2 Å². The summed E-state index contributed by atoms with van der Waals surface area (Å²) in [6, 6.07) is 8.79. The molecular formula is C20H22N6O3. The van der Waals surface area contributed by atoms with Crippen molar-refractivity contribution in [1.29, 1.82) is 0 Å². The lowest BCUT2D eigenvalue weighted by molar-refractivity contribution is -0.116. The van der Waals surface area contributed by atoms with Crippen molar-refractivity contribution in [2.24, 2.45) is 0 Å². The number of aromatic amines is 1. The lowest BCUT2D eigenvalue weighted by atomic mass is 10.1. The van der Waals surface area contributed by atoms with Crippen LogP contribution in [0.15, 0.2) is 52.4 Å². The second-order valence-corrected chi connectivity index (χ2v) is 6.50. The van der Waals surface area contributed by atoms with Crippen LogP contribution in [0.3, 0.4) is 0 Å². The molecule has 2 aromatic heterocycles. The smallest absolute Gasteiger partial charge is 0.328 e. The summed E-state index contributed by atoms with van der Waals surface area (Å²) in [7, 11) is 0. The Morgan fingerprint density at radius 1 is 1.17 bits per heavy atom. The van der Waals surface area contributed by atoms with Gasteiger partial charge in [-0.3, -0.25) is 14.6 Å². The summed E-state index contributed by atoms with van der Waals surface area (Å²) >= 11 is 0. The average Bonchev–Trinajstić information content (AvgIpc) is 2.67. The summed E-state index contributed by atoms with van der Waals surface area (Å²) in [5, 5.41) is 6.10. The van der Waals surface area contributed by atoms with Crippen LogP contribution in [0, 0.1) is 6.92 Å². The Hall–Kier alpha value is -3.75.